The van der Waals surface area contributed by atoms with Gasteiger partial charge in [0, 0.05) is 34.5 Å². The largest absolute Gasteiger partial charge is 0.345 e. The van der Waals surface area contributed by atoms with Gasteiger partial charge in [-0.25, -0.2) is 4.79 Å². The predicted molar refractivity (Wildman–Crippen MR) is 128 cm³/mol. The molecular weight excluding hydrogens is 462 g/mol. The maximum Gasteiger partial charge on any atom is 0.322 e. The lowest BCUT2D eigenvalue weighted by atomic mass is 10.2. The first-order valence-electron chi connectivity index (χ1n) is 10.3. The maximum absolute atomic E-state index is 13.1. The van der Waals surface area contributed by atoms with Crippen molar-refractivity contribution in [2.75, 3.05) is 11.9 Å². The number of amides is 2. The van der Waals surface area contributed by atoms with Gasteiger partial charge in [0.25, 0.3) is 0 Å². The van der Waals surface area contributed by atoms with Crippen molar-refractivity contribution in [3.63, 3.8) is 0 Å². The van der Waals surface area contributed by atoms with E-state index in [0.717, 1.165) is 52.2 Å². The summed E-state index contributed by atoms with van der Waals surface area (Å²) in [6.07, 6.45) is 5.24. The lowest BCUT2D eigenvalue weighted by molar-refractivity contribution is 0.206. The summed E-state index contributed by atoms with van der Waals surface area (Å²) in [6, 6.07) is 19.6. The van der Waals surface area contributed by atoms with Gasteiger partial charge in [-0.2, -0.15) is 0 Å². The molecule has 0 saturated heterocycles. The topological polar surface area (TPSA) is 37.3 Å². The summed E-state index contributed by atoms with van der Waals surface area (Å²) in [7, 11) is 0. The molecule has 0 bridgehead atoms. The molecule has 0 unspecified atom stereocenters. The van der Waals surface area contributed by atoms with E-state index >= 15 is 0 Å². The molecule has 0 saturated carbocycles. The molecule has 158 valence electrons. The number of carbonyl (C=O) groups excluding carboxylic acids is 1. The minimum absolute atomic E-state index is 0.0893. The Hall–Kier alpha value is -2.24. The van der Waals surface area contributed by atoms with Crippen LogP contribution in [0.4, 0.5) is 10.5 Å². The highest BCUT2D eigenvalue weighted by molar-refractivity contribution is 9.10. The van der Waals surface area contributed by atoms with Gasteiger partial charge in [0.1, 0.15) is 0 Å². The summed E-state index contributed by atoms with van der Waals surface area (Å²) in [5, 5.41) is 3.77. The van der Waals surface area contributed by atoms with Crippen molar-refractivity contribution in [1.29, 1.82) is 0 Å². The Bertz CT molecular complexity index is 972. The fourth-order valence-electron chi connectivity index (χ4n) is 3.34. The number of carbonyl (C=O) groups is 1. The van der Waals surface area contributed by atoms with E-state index in [1.807, 2.05) is 59.6 Å². The molecule has 3 aromatic rings. The molecule has 1 heterocycles. The van der Waals surface area contributed by atoms with E-state index in [1.54, 1.807) is 0 Å². The third-order valence-electron chi connectivity index (χ3n) is 4.95. The van der Waals surface area contributed by atoms with Gasteiger partial charge in [-0.1, -0.05) is 55.6 Å². The molecule has 0 aliphatic rings. The second-order valence-electron chi connectivity index (χ2n) is 7.30. The van der Waals surface area contributed by atoms with Crippen molar-refractivity contribution in [3.8, 4) is 0 Å². The molecule has 3 rings (SSSR count). The second kappa shape index (κ2) is 11.2. The van der Waals surface area contributed by atoms with E-state index in [-0.39, 0.29) is 6.03 Å². The number of rotatable bonds is 9. The van der Waals surface area contributed by atoms with E-state index in [1.165, 1.54) is 0 Å². The number of aromatic nitrogens is 1. The van der Waals surface area contributed by atoms with Gasteiger partial charge >= 0.3 is 6.03 Å². The fraction of sp³-hybridized carbons (Fsp3) is 0.292. The highest BCUT2D eigenvalue weighted by Gasteiger charge is 2.17. The number of benzene rings is 2. The summed E-state index contributed by atoms with van der Waals surface area (Å²) < 4.78 is 3.04. The highest BCUT2D eigenvalue weighted by Crippen LogP contribution is 2.22. The van der Waals surface area contributed by atoms with Crippen LogP contribution in [0.5, 0.6) is 0 Å². The molecule has 4 nitrogen and oxygen atoms in total. The molecule has 1 aromatic heterocycles. The van der Waals surface area contributed by atoms with Crippen LogP contribution in [-0.2, 0) is 13.1 Å². The van der Waals surface area contributed by atoms with Crippen LogP contribution < -0.4 is 5.32 Å². The molecule has 0 radical (unpaired) electrons. The van der Waals surface area contributed by atoms with Gasteiger partial charge in [0.05, 0.1) is 12.2 Å². The van der Waals surface area contributed by atoms with Crippen molar-refractivity contribution in [1.82, 2.24) is 9.47 Å². The zero-order valence-electron chi connectivity index (χ0n) is 17.2. The number of para-hydroxylation sites is 1. The molecular formula is C24H27BrClN3O. The fourth-order valence-corrected chi connectivity index (χ4v) is 3.93. The van der Waals surface area contributed by atoms with E-state index < -0.39 is 0 Å². The first-order chi connectivity index (χ1) is 14.6. The minimum atomic E-state index is -0.0893. The molecule has 0 aliphatic heterocycles. The van der Waals surface area contributed by atoms with Gasteiger partial charge in [-0.15, -0.1) is 0 Å². The van der Waals surface area contributed by atoms with Gasteiger partial charge in [-0.05, 0) is 64.3 Å². The quantitative estimate of drug-likeness (QED) is 0.318. The number of unbranched alkanes of at least 4 members (excludes halogenated alkanes) is 2. The van der Waals surface area contributed by atoms with E-state index in [9.17, 15) is 4.79 Å². The molecule has 0 fully saturated rings. The van der Waals surface area contributed by atoms with E-state index in [4.69, 9.17) is 11.6 Å². The lowest BCUT2D eigenvalue weighted by Crippen LogP contribution is -2.36. The zero-order chi connectivity index (χ0) is 21.3. The lowest BCUT2D eigenvalue weighted by Gasteiger charge is -2.24. The number of hydrogen-bond donors (Lipinski definition) is 1. The van der Waals surface area contributed by atoms with Crippen molar-refractivity contribution in [3.05, 3.63) is 87.6 Å². The monoisotopic (exact) mass is 487 g/mol. The second-order valence-corrected chi connectivity index (χ2v) is 8.59. The zero-order valence-corrected chi connectivity index (χ0v) is 19.5. The van der Waals surface area contributed by atoms with Crippen molar-refractivity contribution >= 4 is 39.2 Å². The normalized spacial score (nSPS) is 10.8. The Kier molecular flexibility index (Phi) is 8.40. The predicted octanol–water partition coefficient (Wildman–Crippen LogP) is 7.18. The average molecular weight is 489 g/mol. The van der Waals surface area contributed by atoms with Gasteiger partial charge < -0.3 is 14.8 Å². The smallest absolute Gasteiger partial charge is 0.322 e. The summed E-state index contributed by atoms with van der Waals surface area (Å²) in [5.41, 5.74) is 3.00. The van der Waals surface area contributed by atoms with Crippen LogP contribution in [0.3, 0.4) is 0 Å². The van der Waals surface area contributed by atoms with E-state index in [0.29, 0.717) is 13.1 Å². The van der Waals surface area contributed by atoms with Crippen molar-refractivity contribution in [2.24, 2.45) is 0 Å². The van der Waals surface area contributed by atoms with Crippen molar-refractivity contribution < 1.29 is 4.79 Å². The molecule has 2 aromatic carbocycles. The van der Waals surface area contributed by atoms with Crippen LogP contribution >= 0.6 is 27.5 Å². The Labute approximate surface area is 192 Å². The summed E-state index contributed by atoms with van der Waals surface area (Å²) in [4.78, 5) is 15.0. The number of nitrogens with zero attached hydrogens (tertiary/aromatic N) is 2. The first kappa shape index (κ1) is 22.4. The molecule has 6 heteroatoms. The Morgan fingerprint density at radius 3 is 2.70 bits per heavy atom. The Morgan fingerprint density at radius 1 is 1.10 bits per heavy atom. The summed E-state index contributed by atoms with van der Waals surface area (Å²) >= 11 is 9.64. The van der Waals surface area contributed by atoms with Crippen molar-refractivity contribution in [2.45, 2.75) is 39.3 Å². The molecule has 2 amide bonds. The molecule has 0 aliphatic carbocycles. The van der Waals surface area contributed by atoms with Gasteiger partial charge in [0.2, 0.25) is 0 Å². The number of nitrogens with one attached hydrogen (secondary N) is 1. The summed E-state index contributed by atoms with van der Waals surface area (Å²) in [5.74, 6) is 0. The molecule has 1 N–H and O–H groups in total. The minimum Gasteiger partial charge on any atom is -0.345 e. The van der Waals surface area contributed by atoms with Crippen LogP contribution in [0.15, 0.2) is 71.3 Å². The highest BCUT2D eigenvalue weighted by atomic mass is 79.9. The average Bonchev–Trinajstić information content (AvgIpc) is 3.15. The number of urea groups is 1. The van der Waals surface area contributed by atoms with Crippen LogP contribution in [0.1, 0.15) is 37.4 Å². The van der Waals surface area contributed by atoms with Gasteiger partial charge in [-0.3, -0.25) is 0 Å². The van der Waals surface area contributed by atoms with Crippen LogP contribution in [0.25, 0.3) is 0 Å². The third-order valence-corrected chi connectivity index (χ3v) is 5.88. The van der Waals surface area contributed by atoms with Gasteiger partial charge in [0.15, 0.2) is 0 Å². The molecule has 30 heavy (non-hydrogen) atoms. The Balaban J connectivity index is 1.74. The SMILES string of the molecule is CCCCCN(Cc1cccn1Cc1cccc(Cl)c1)C(=O)Nc1ccccc1Br. The molecule has 0 atom stereocenters. The summed E-state index contributed by atoms with van der Waals surface area (Å²) in [6.45, 7) is 4.15. The maximum atomic E-state index is 13.1. The first-order valence-corrected chi connectivity index (χ1v) is 11.4. The number of halogens is 2. The number of anilines is 1. The molecule has 0 spiro atoms. The standard InChI is InChI=1S/C24H27BrClN3O/c1-2-3-6-14-29(24(30)27-23-13-5-4-12-22(23)25)18-21-11-8-15-28(21)17-19-9-7-10-20(26)16-19/h4-5,7-13,15-16H,2-3,6,14,17-18H2,1H3,(H,27,30). The Morgan fingerprint density at radius 2 is 1.93 bits per heavy atom. The number of hydrogen-bond acceptors (Lipinski definition) is 1. The van der Waals surface area contributed by atoms with Crippen LogP contribution in [0.2, 0.25) is 5.02 Å². The van der Waals surface area contributed by atoms with Crippen LogP contribution in [-0.4, -0.2) is 22.0 Å². The van der Waals surface area contributed by atoms with E-state index in [2.05, 4.69) is 44.9 Å². The third kappa shape index (κ3) is 6.38. The van der Waals surface area contributed by atoms with Crippen LogP contribution in [0, 0.1) is 0 Å².